The molecule has 16 heavy (non-hydrogen) atoms. The van der Waals surface area contributed by atoms with Crippen molar-refractivity contribution in [1.82, 2.24) is 14.3 Å². The summed E-state index contributed by atoms with van der Waals surface area (Å²) in [7, 11) is -1.36. The molecule has 1 aliphatic heterocycles. The maximum atomic E-state index is 11.8. The lowest BCUT2D eigenvalue weighted by atomic mass is 10.1. The molecule has 7 heteroatoms. The van der Waals surface area contributed by atoms with Gasteiger partial charge < -0.3 is 5.32 Å². The Kier molecular flexibility index (Phi) is 6.81. The van der Waals surface area contributed by atoms with Crippen LogP contribution in [0.5, 0.6) is 0 Å². The summed E-state index contributed by atoms with van der Waals surface area (Å²) in [6.45, 7) is 5.81. The zero-order valence-corrected chi connectivity index (χ0v) is 11.7. The van der Waals surface area contributed by atoms with Gasteiger partial charge in [0.15, 0.2) is 0 Å². The molecule has 0 aliphatic carbocycles. The summed E-state index contributed by atoms with van der Waals surface area (Å²) in [6, 6.07) is -0.0432. The zero-order chi connectivity index (χ0) is 11.5. The summed E-state index contributed by atoms with van der Waals surface area (Å²) in [5, 5.41) is 3.08. The fourth-order valence-corrected chi connectivity index (χ4v) is 3.34. The third-order valence-electron chi connectivity index (χ3n) is 2.47. The second-order valence-corrected chi connectivity index (χ2v) is 6.05. The van der Waals surface area contributed by atoms with Gasteiger partial charge in [-0.2, -0.15) is 17.4 Å². The molecule has 0 amide bonds. The molecule has 1 saturated heterocycles. The second kappa shape index (κ2) is 6.76. The SMILES string of the molecule is CNCC1CCN(S(=O)(=O)NC(C)C)C1.Cl. The van der Waals surface area contributed by atoms with Gasteiger partial charge in [-0.3, -0.25) is 0 Å². The fraction of sp³-hybridized carbons (Fsp3) is 1.00. The predicted octanol–water partition coefficient (Wildman–Crippen LogP) is 0.192. The fourth-order valence-electron chi connectivity index (χ4n) is 1.84. The number of hydrogen-bond donors (Lipinski definition) is 2. The van der Waals surface area contributed by atoms with Crippen molar-refractivity contribution in [2.24, 2.45) is 5.92 Å². The summed E-state index contributed by atoms with van der Waals surface area (Å²) in [5.74, 6) is 0.443. The Morgan fingerprint density at radius 2 is 2.06 bits per heavy atom. The van der Waals surface area contributed by atoms with Crippen LogP contribution >= 0.6 is 12.4 Å². The summed E-state index contributed by atoms with van der Waals surface area (Å²) in [6.07, 6.45) is 0.944. The number of rotatable bonds is 5. The second-order valence-electron chi connectivity index (χ2n) is 4.35. The summed E-state index contributed by atoms with van der Waals surface area (Å²) < 4.78 is 27.7. The van der Waals surface area contributed by atoms with Gasteiger partial charge in [0.2, 0.25) is 0 Å². The molecule has 0 saturated carbocycles. The Labute approximate surface area is 105 Å². The highest BCUT2D eigenvalue weighted by Gasteiger charge is 2.30. The van der Waals surface area contributed by atoms with Crippen molar-refractivity contribution >= 4 is 22.6 Å². The molecule has 1 atom stereocenters. The van der Waals surface area contributed by atoms with E-state index in [1.54, 1.807) is 0 Å². The molecule has 0 aromatic heterocycles. The van der Waals surface area contributed by atoms with Gasteiger partial charge in [-0.25, -0.2) is 0 Å². The molecule has 1 unspecified atom stereocenters. The first-order valence-electron chi connectivity index (χ1n) is 5.37. The largest absolute Gasteiger partial charge is 0.319 e. The van der Waals surface area contributed by atoms with Crippen LogP contribution in [-0.4, -0.2) is 45.4 Å². The first kappa shape index (κ1) is 16.1. The molecular weight excluding hydrogens is 250 g/mol. The van der Waals surface area contributed by atoms with E-state index in [0.717, 1.165) is 13.0 Å². The number of nitrogens with one attached hydrogen (secondary N) is 2. The molecule has 1 fully saturated rings. The van der Waals surface area contributed by atoms with Gasteiger partial charge in [0.05, 0.1) is 0 Å². The molecule has 0 aromatic rings. The van der Waals surface area contributed by atoms with E-state index in [4.69, 9.17) is 0 Å². The summed E-state index contributed by atoms with van der Waals surface area (Å²) in [5.41, 5.74) is 0. The lowest BCUT2D eigenvalue weighted by Crippen LogP contribution is -2.42. The van der Waals surface area contributed by atoms with Gasteiger partial charge in [0, 0.05) is 19.1 Å². The molecule has 1 heterocycles. The van der Waals surface area contributed by atoms with Crippen molar-refractivity contribution in [2.75, 3.05) is 26.7 Å². The van der Waals surface area contributed by atoms with E-state index in [2.05, 4.69) is 10.0 Å². The zero-order valence-electron chi connectivity index (χ0n) is 10.1. The maximum Gasteiger partial charge on any atom is 0.279 e. The van der Waals surface area contributed by atoms with E-state index in [-0.39, 0.29) is 18.4 Å². The normalized spacial score (nSPS) is 22.4. The molecule has 1 aliphatic rings. The van der Waals surface area contributed by atoms with E-state index in [9.17, 15) is 8.42 Å². The van der Waals surface area contributed by atoms with Crippen LogP contribution in [0.4, 0.5) is 0 Å². The lowest BCUT2D eigenvalue weighted by molar-refractivity contribution is 0.437. The molecule has 2 N–H and O–H groups in total. The van der Waals surface area contributed by atoms with Crippen LogP contribution in [0, 0.1) is 5.92 Å². The minimum atomic E-state index is -3.25. The third kappa shape index (κ3) is 4.55. The Bertz CT molecular complexity index is 295. The summed E-state index contributed by atoms with van der Waals surface area (Å²) >= 11 is 0. The Morgan fingerprint density at radius 1 is 1.44 bits per heavy atom. The Hall–Kier alpha value is 0.120. The highest BCUT2D eigenvalue weighted by Crippen LogP contribution is 2.17. The van der Waals surface area contributed by atoms with Crippen LogP contribution < -0.4 is 10.0 Å². The van der Waals surface area contributed by atoms with E-state index in [1.165, 1.54) is 4.31 Å². The first-order chi connectivity index (χ1) is 6.95. The lowest BCUT2D eigenvalue weighted by Gasteiger charge is -2.18. The first-order valence-corrected chi connectivity index (χ1v) is 6.81. The van der Waals surface area contributed by atoms with Gasteiger partial charge >= 0.3 is 0 Å². The highest BCUT2D eigenvalue weighted by atomic mass is 35.5. The van der Waals surface area contributed by atoms with Gasteiger partial charge in [0.1, 0.15) is 0 Å². The Morgan fingerprint density at radius 3 is 2.56 bits per heavy atom. The number of hydrogen-bond acceptors (Lipinski definition) is 3. The summed E-state index contributed by atoms with van der Waals surface area (Å²) in [4.78, 5) is 0. The van der Waals surface area contributed by atoms with Crippen molar-refractivity contribution in [3.63, 3.8) is 0 Å². The topological polar surface area (TPSA) is 61.4 Å². The van der Waals surface area contributed by atoms with Gasteiger partial charge in [-0.15, -0.1) is 12.4 Å². The average Bonchev–Trinajstić information content (AvgIpc) is 2.51. The molecule has 0 radical (unpaired) electrons. The number of nitrogens with zero attached hydrogens (tertiary/aromatic N) is 1. The van der Waals surface area contributed by atoms with Crippen LogP contribution in [-0.2, 0) is 10.2 Å². The molecule has 0 bridgehead atoms. The molecule has 98 valence electrons. The van der Waals surface area contributed by atoms with Crippen LogP contribution in [0.25, 0.3) is 0 Å². The van der Waals surface area contributed by atoms with E-state index in [1.807, 2.05) is 20.9 Å². The molecule has 1 rings (SSSR count). The monoisotopic (exact) mass is 271 g/mol. The van der Waals surface area contributed by atoms with Gasteiger partial charge in [-0.05, 0) is 39.8 Å². The number of halogens is 1. The van der Waals surface area contributed by atoms with Crippen molar-refractivity contribution in [3.05, 3.63) is 0 Å². The molecular formula is C9H22ClN3O2S. The predicted molar refractivity (Wildman–Crippen MR) is 68.0 cm³/mol. The Balaban J connectivity index is 0.00000225. The van der Waals surface area contributed by atoms with Crippen LogP contribution in [0.3, 0.4) is 0 Å². The van der Waals surface area contributed by atoms with E-state index < -0.39 is 10.2 Å². The molecule has 0 spiro atoms. The quantitative estimate of drug-likeness (QED) is 0.751. The maximum absolute atomic E-state index is 11.8. The van der Waals surface area contributed by atoms with Crippen molar-refractivity contribution < 1.29 is 8.42 Å². The average molecular weight is 272 g/mol. The molecule has 5 nitrogen and oxygen atoms in total. The van der Waals surface area contributed by atoms with Crippen molar-refractivity contribution in [2.45, 2.75) is 26.3 Å². The van der Waals surface area contributed by atoms with Crippen LogP contribution in [0.2, 0.25) is 0 Å². The van der Waals surface area contributed by atoms with Crippen molar-refractivity contribution in [3.8, 4) is 0 Å². The highest BCUT2D eigenvalue weighted by molar-refractivity contribution is 7.87. The third-order valence-corrected chi connectivity index (χ3v) is 4.25. The smallest absolute Gasteiger partial charge is 0.279 e. The van der Waals surface area contributed by atoms with Crippen LogP contribution in [0.1, 0.15) is 20.3 Å². The molecule has 0 aromatic carbocycles. The van der Waals surface area contributed by atoms with Gasteiger partial charge in [-0.1, -0.05) is 0 Å². The van der Waals surface area contributed by atoms with Crippen molar-refractivity contribution in [1.29, 1.82) is 0 Å². The van der Waals surface area contributed by atoms with E-state index >= 15 is 0 Å². The minimum Gasteiger partial charge on any atom is -0.319 e. The minimum absolute atomic E-state index is 0. The van der Waals surface area contributed by atoms with Crippen LogP contribution in [0.15, 0.2) is 0 Å². The van der Waals surface area contributed by atoms with Gasteiger partial charge in [0.25, 0.3) is 10.2 Å². The standard InChI is InChI=1S/C9H21N3O2S.ClH/c1-8(2)11-15(13,14)12-5-4-9(7-12)6-10-3;/h8-11H,4-7H2,1-3H3;1H. The van der Waals surface area contributed by atoms with E-state index in [0.29, 0.717) is 19.0 Å².